The zero-order chi connectivity index (χ0) is 7.52. The molecule has 60 valence electrons. The van der Waals surface area contributed by atoms with Gasteiger partial charge in [0.25, 0.3) is 0 Å². The first-order valence-electron chi connectivity index (χ1n) is 3.76. The minimum Gasteiger partial charge on any atom is -0.314 e. The summed E-state index contributed by atoms with van der Waals surface area (Å²) in [5.41, 5.74) is 3.03. The van der Waals surface area contributed by atoms with Crippen LogP contribution < -0.4 is 10.6 Å². The maximum atomic E-state index is 4.18. The van der Waals surface area contributed by atoms with Crippen LogP contribution in [0.3, 0.4) is 0 Å². The van der Waals surface area contributed by atoms with Gasteiger partial charge in [0, 0.05) is 31.1 Å². The molecule has 1 fully saturated rings. The van der Waals surface area contributed by atoms with Crippen molar-refractivity contribution >= 4 is 11.3 Å². The number of nitrogens with zero attached hydrogens (tertiary/aromatic N) is 1. The highest BCUT2D eigenvalue weighted by Gasteiger charge is 2.15. The normalized spacial score (nSPS) is 18.2. The molecule has 3 nitrogen and oxygen atoms in total. The van der Waals surface area contributed by atoms with Gasteiger partial charge >= 0.3 is 0 Å². The molecule has 2 heterocycles. The fourth-order valence-corrected chi connectivity index (χ4v) is 1.57. The lowest BCUT2D eigenvalue weighted by molar-refractivity contribution is 0.364. The first-order valence-corrected chi connectivity index (χ1v) is 4.70. The number of rotatable bonds is 3. The maximum Gasteiger partial charge on any atom is 0.0795 e. The summed E-state index contributed by atoms with van der Waals surface area (Å²) in [5, 5.41) is 8.70. The quantitative estimate of drug-likeness (QED) is 0.679. The Balaban J connectivity index is 1.74. The van der Waals surface area contributed by atoms with Crippen molar-refractivity contribution in [3.8, 4) is 0 Å². The van der Waals surface area contributed by atoms with Crippen LogP contribution in [-0.2, 0) is 6.54 Å². The van der Waals surface area contributed by atoms with Crippen LogP contribution in [0.25, 0.3) is 0 Å². The molecule has 0 saturated carbocycles. The molecule has 0 unspecified atom stereocenters. The molecule has 0 aromatic carbocycles. The van der Waals surface area contributed by atoms with E-state index in [0.717, 1.165) is 25.3 Å². The van der Waals surface area contributed by atoms with Gasteiger partial charge in [-0.1, -0.05) is 0 Å². The monoisotopic (exact) mass is 169 g/mol. The van der Waals surface area contributed by atoms with Crippen LogP contribution in [0, 0.1) is 0 Å². The lowest BCUT2D eigenvalue weighted by Gasteiger charge is -2.27. The first-order chi connectivity index (χ1) is 5.45. The zero-order valence-corrected chi connectivity index (χ0v) is 7.03. The number of hydrogen-bond donors (Lipinski definition) is 2. The van der Waals surface area contributed by atoms with Crippen LogP contribution in [0.5, 0.6) is 0 Å². The SMILES string of the molecule is c1nc(CNC2CNC2)cs1. The Morgan fingerprint density at radius 1 is 1.73 bits per heavy atom. The van der Waals surface area contributed by atoms with E-state index in [1.54, 1.807) is 11.3 Å². The van der Waals surface area contributed by atoms with Crippen molar-refractivity contribution in [1.82, 2.24) is 15.6 Å². The molecule has 4 heteroatoms. The van der Waals surface area contributed by atoms with E-state index in [1.807, 2.05) is 5.51 Å². The van der Waals surface area contributed by atoms with Crippen LogP contribution in [0.15, 0.2) is 10.9 Å². The highest BCUT2D eigenvalue weighted by atomic mass is 32.1. The van der Waals surface area contributed by atoms with E-state index in [9.17, 15) is 0 Å². The van der Waals surface area contributed by atoms with Crippen LogP contribution in [0.2, 0.25) is 0 Å². The second-order valence-electron chi connectivity index (χ2n) is 2.72. The second kappa shape index (κ2) is 3.30. The van der Waals surface area contributed by atoms with Crippen LogP contribution >= 0.6 is 11.3 Å². The summed E-state index contributed by atoms with van der Waals surface area (Å²) < 4.78 is 0. The molecule has 0 aliphatic carbocycles. The van der Waals surface area contributed by atoms with Crippen molar-refractivity contribution in [3.05, 3.63) is 16.6 Å². The highest BCUT2D eigenvalue weighted by Crippen LogP contribution is 2.01. The summed E-state index contributed by atoms with van der Waals surface area (Å²) in [6, 6.07) is 0.664. The number of hydrogen-bond acceptors (Lipinski definition) is 4. The standard InChI is InChI=1S/C7H11N3S/c1-6(2-8-1)9-3-7-4-11-5-10-7/h4-6,8-9H,1-3H2. The Morgan fingerprint density at radius 2 is 2.64 bits per heavy atom. The van der Waals surface area contributed by atoms with Gasteiger partial charge in [-0.2, -0.15) is 0 Å². The average Bonchev–Trinajstić information content (AvgIpc) is 2.36. The van der Waals surface area contributed by atoms with Gasteiger partial charge in [0.2, 0.25) is 0 Å². The van der Waals surface area contributed by atoms with Gasteiger partial charge in [0.15, 0.2) is 0 Å². The molecular weight excluding hydrogens is 158 g/mol. The molecule has 0 spiro atoms. The summed E-state index contributed by atoms with van der Waals surface area (Å²) in [7, 11) is 0. The molecule has 1 aliphatic heterocycles. The Kier molecular flexibility index (Phi) is 2.16. The van der Waals surface area contributed by atoms with E-state index in [2.05, 4.69) is 21.0 Å². The molecule has 2 rings (SSSR count). The summed E-state index contributed by atoms with van der Waals surface area (Å²) in [4.78, 5) is 4.18. The molecule has 0 atom stereocenters. The topological polar surface area (TPSA) is 37.0 Å². The van der Waals surface area contributed by atoms with Gasteiger partial charge in [0.05, 0.1) is 11.2 Å². The van der Waals surface area contributed by atoms with E-state index in [0.29, 0.717) is 6.04 Å². The van der Waals surface area contributed by atoms with Gasteiger partial charge in [-0.25, -0.2) is 4.98 Å². The van der Waals surface area contributed by atoms with Crippen LogP contribution in [-0.4, -0.2) is 24.1 Å². The smallest absolute Gasteiger partial charge is 0.0795 e. The third-order valence-corrected chi connectivity index (χ3v) is 2.47. The number of aromatic nitrogens is 1. The first kappa shape index (κ1) is 7.21. The lowest BCUT2D eigenvalue weighted by Crippen LogP contribution is -2.55. The van der Waals surface area contributed by atoms with Crippen molar-refractivity contribution in [2.24, 2.45) is 0 Å². The van der Waals surface area contributed by atoms with Crippen molar-refractivity contribution in [1.29, 1.82) is 0 Å². The average molecular weight is 169 g/mol. The summed E-state index contributed by atoms with van der Waals surface area (Å²) in [6.45, 7) is 3.12. The number of nitrogens with one attached hydrogen (secondary N) is 2. The molecule has 1 aliphatic rings. The van der Waals surface area contributed by atoms with Crippen LogP contribution in [0.1, 0.15) is 5.69 Å². The molecule has 2 N–H and O–H groups in total. The van der Waals surface area contributed by atoms with Gasteiger partial charge < -0.3 is 10.6 Å². The van der Waals surface area contributed by atoms with E-state index in [1.165, 1.54) is 0 Å². The highest BCUT2D eigenvalue weighted by molar-refractivity contribution is 7.07. The molecule has 1 saturated heterocycles. The predicted octanol–water partition coefficient (Wildman–Crippen LogP) is 0.205. The lowest BCUT2D eigenvalue weighted by atomic mass is 10.2. The van der Waals surface area contributed by atoms with Crippen LogP contribution in [0.4, 0.5) is 0 Å². The van der Waals surface area contributed by atoms with Gasteiger partial charge in [-0.3, -0.25) is 0 Å². The Morgan fingerprint density at radius 3 is 3.18 bits per heavy atom. The van der Waals surface area contributed by atoms with E-state index in [4.69, 9.17) is 0 Å². The Bertz CT molecular complexity index is 205. The minimum atomic E-state index is 0.664. The molecule has 11 heavy (non-hydrogen) atoms. The Labute approximate surface area is 69.8 Å². The van der Waals surface area contributed by atoms with Crippen molar-refractivity contribution in [2.75, 3.05) is 13.1 Å². The summed E-state index contributed by atoms with van der Waals surface area (Å²) in [6.07, 6.45) is 0. The van der Waals surface area contributed by atoms with Crippen molar-refractivity contribution in [3.63, 3.8) is 0 Å². The Hall–Kier alpha value is -0.450. The van der Waals surface area contributed by atoms with Gasteiger partial charge in [-0.05, 0) is 0 Å². The fraction of sp³-hybridized carbons (Fsp3) is 0.571. The third-order valence-electron chi connectivity index (χ3n) is 1.84. The molecule has 1 aromatic heterocycles. The molecular formula is C7H11N3S. The van der Waals surface area contributed by atoms with E-state index < -0.39 is 0 Å². The van der Waals surface area contributed by atoms with Crippen molar-refractivity contribution in [2.45, 2.75) is 12.6 Å². The number of thiazole rings is 1. The third kappa shape index (κ3) is 1.77. The van der Waals surface area contributed by atoms with Gasteiger partial charge in [0.1, 0.15) is 0 Å². The zero-order valence-electron chi connectivity index (χ0n) is 6.21. The molecule has 0 radical (unpaired) electrons. The maximum absolute atomic E-state index is 4.18. The second-order valence-corrected chi connectivity index (χ2v) is 3.43. The molecule has 0 bridgehead atoms. The van der Waals surface area contributed by atoms with E-state index in [-0.39, 0.29) is 0 Å². The summed E-state index contributed by atoms with van der Waals surface area (Å²) in [5.74, 6) is 0. The largest absolute Gasteiger partial charge is 0.314 e. The minimum absolute atomic E-state index is 0.664. The summed E-state index contributed by atoms with van der Waals surface area (Å²) >= 11 is 1.65. The van der Waals surface area contributed by atoms with E-state index >= 15 is 0 Å². The predicted molar refractivity (Wildman–Crippen MR) is 45.6 cm³/mol. The van der Waals surface area contributed by atoms with Gasteiger partial charge in [-0.15, -0.1) is 11.3 Å². The fourth-order valence-electron chi connectivity index (χ4n) is 1.01. The molecule has 0 amide bonds. The molecule has 1 aromatic rings. The van der Waals surface area contributed by atoms with Crippen molar-refractivity contribution < 1.29 is 0 Å².